The predicted octanol–water partition coefficient (Wildman–Crippen LogP) is 3.95. The van der Waals surface area contributed by atoms with Crippen molar-refractivity contribution in [2.24, 2.45) is 10.7 Å². The van der Waals surface area contributed by atoms with Gasteiger partial charge >= 0.3 is 0 Å². The van der Waals surface area contributed by atoms with Gasteiger partial charge in [-0.3, -0.25) is 10.1 Å². The van der Waals surface area contributed by atoms with Crippen molar-refractivity contribution in [3.05, 3.63) is 44.6 Å². The SMILES string of the molecule is CC(C=C(N)C(C)(F)F)=Nc1ccc(Br)cc1[N+](=O)[O-]. The van der Waals surface area contributed by atoms with Crippen LogP contribution in [0.15, 0.2) is 39.4 Å². The molecule has 0 aliphatic rings. The number of aliphatic imine (C=N–C) groups is 1. The standard InChI is InChI=1S/C12H12BrF2N3O2/c1-7(5-11(16)12(2,14)15)17-9-4-3-8(13)6-10(9)18(19)20/h3-6H,16H2,1-2H3. The van der Waals surface area contributed by atoms with E-state index in [0.29, 0.717) is 11.4 Å². The van der Waals surface area contributed by atoms with Crippen LogP contribution in [0.3, 0.4) is 0 Å². The minimum Gasteiger partial charge on any atom is -0.397 e. The maximum Gasteiger partial charge on any atom is 0.295 e. The molecule has 0 bridgehead atoms. The van der Waals surface area contributed by atoms with Gasteiger partial charge in [-0.05, 0) is 25.1 Å². The predicted molar refractivity (Wildman–Crippen MR) is 76.5 cm³/mol. The third-order valence-corrected chi connectivity index (χ3v) is 2.80. The van der Waals surface area contributed by atoms with Crippen molar-refractivity contribution in [1.82, 2.24) is 0 Å². The molecule has 2 N–H and O–H groups in total. The Morgan fingerprint density at radius 3 is 2.65 bits per heavy atom. The minimum absolute atomic E-state index is 0.0687. The summed E-state index contributed by atoms with van der Waals surface area (Å²) in [6.45, 7) is 2.10. The molecule has 20 heavy (non-hydrogen) atoms. The molecule has 0 saturated heterocycles. The van der Waals surface area contributed by atoms with Gasteiger partial charge in [-0.1, -0.05) is 15.9 Å². The van der Waals surface area contributed by atoms with E-state index >= 15 is 0 Å². The first-order valence-corrected chi connectivity index (χ1v) is 6.25. The molecule has 0 radical (unpaired) electrons. The molecule has 0 atom stereocenters. The maximum absolute atomic E-state index is 12.9. The highest BCUT2D eigenvalue weighted by Gasteiger charge is 2.24. The van der Waals surface area contributed by atoms with Crippen LogP contribution in [-0.4, -0.2) is 16.6 Å². The van der Waals surface area contributed by atoms with Gasteiger partial charge in [0.1, 0.15) is 5.69 Å². The van der Waals surface area contributed by atoms with Gasteiger partial charge in [-0.2, -0.15) is 0 Å². The molecule has 0 unspecified atom stereocenters. The number of benzene rings is 1. The first kappa shape index (κ1) is 16.2. The van der Waals surface area contributed by atoms with Gasteiger partial charge < -0.3 is 5.73 Å². The maximum atomic E-state index is 12.9. The van der Waals surface area contributed by atoms with E-state index in [1.165, 1.54) is 19.1 Å². The Kier molecular flexibility index (Phi) is 4.93. The Bertz CT molecular complexity index is 595. The fourth-order valence-corrected chi connectivity index (χ4v) is 1.66. The highest BCUT2D eigenvalue weighted by molar-refractivity contribution is 9.10. The van der Waals surface area contributed by atoms with Crippen molar-refractivity contribution < 1.29 is 13.7 Å². The molecule has 108 valence electrons. The van der Waals surface area contributed by atoms with Crippen LogP contribution in [0, 0.1) is 10.1 Å². The third kappa shape index (κ3) is 4.37. The van der Waals surface area contributed by atoms with Gasteiger partial charge in [0.15, 0.2) is 0 Å². The smallest absolute Gasteiger partial charge is 0.295 e. The lowest BCUT2D eigenvalue weighted by atomic mass is 10.2. The number of alkyl halides is 2. The summed E-state index contributed by atoms with van der Waals surface area (Å²) >= 11 is 3.11. The molecule has 0 spiro atoms. The Hall–Kier alpha value is -1.83. The zero-order chi connectivity index (χ0) is 15.5. The zero-order valence-corrected chi connectivity index (χ0v) is 12.3. The van der Waals surface area contributed by atoms with E-state index in [0.717, 1.165) is 6.08 Å². The summed E-state index contributed by atoms with van der Waals surface area (Å²) in [7, 11) is 0. The second-order valence-electron chi connectivity index (χ2n) is 4.13. The summed E-state index contributed by atoms with van der Waals surface area (Å²) in [4.78, 5) is 14.2. The van der Waals surface area contributed by atoms with E-state index < -0.39 is 16.5 Å². The van der Waals surface area contributed by atoms with Crippen LogP contribution in [-0.2, 0) is 0 Å². The first-order chi connectivity index (χ1) is 9.11. The number of nitro benzene ring substituents is 1. The van der Waals surface area contributed by atoms with Crippen molar-refractivity contribution in [2.45, 2.75) is 19.8 Å². The van der Waals surface area contributed by atoms with E-state index in [-0.39, 0.29) is 17.1 Å². The Labute approximate surface area is 122 Å². The van der Waals surface area contributed by atoms with Gasteiger partial charge in [-0.15, -0.1) is 0 Å². The number of halogens is 3. The Morgan fingerprint density at radius 1 is 1.55 bits per heavy atom. The van der Waals surface area contributed by atoms with E-state index in [1.807, 2.05) is 0 Å². The number of allylic oxidation sites excluding steroid dienone is 2. The van der Waals surface area contributed by atoms with Gasteiger partial charge in [0.2, 0.25) is 0 Å². The summed E-state index contributed by atoms with van der Waals surface area (Å²) in [6, 6.07) is 4.27. The topological polar surface area (TPSA) is 81.5 Å². The molecular formula is C12H12BrF2N3O2. The molecule has 5 nitrogen and oxygen atoms in total. The average Bonchev–Trinajstić information content (AvgIpc) is 2.29. The Balaban J connectivity index is 3.21. The summed E-state index contributed by atoms with van der Waals surface area (Å²) in [5.41, 5.74) is 4.55. The lowest BCUT2D eigenvalue weighted by Gasteiger charge is -2.09. The van der Waals surface area contributed by atoms with E-state index in [1.54, 1.807) is 6.07 Å². The molecule has 0 heterocycles. The van der Waals surface area contributed by atoms with Crippen LogP contribution < -0.4 is 5.73 Å². The molecule has 0 aromatic heterocycles. The van der Waals surface area contributed by atoms with Gasteiger partial charge in [0.25, 0.3) is 11.6 Å². The average molecular weight is 348 g/mol. The van der Waals surface area contributed by atoms with Crippen LogP contribution in [0.5, 0.6) is 0 Å². The molecular weight excluding hydrogens is 336 g/mol. The highest BCUT2D eigenvalue weighted by Crippen LogP contribution is 2.30. The highest BCUT2D eigenvalue weighted by atomic mass is 79.9. The lowest BCUT2D eigenvalue weighted by molar-refractivity contribution is -0.384. The van der Waals surface area contributed by atoms with E-state index in [9.17, 15) is 18.9 Å². The Morgan fingerprint density at radius 2 is 2.15 bits per heavy atom. The number of rotatable bonds is 4. The largest absolute Gasteiger partial charge is 0.397 e. The number of hydrogen-bond acceptors (Lipinski definition) is 4. The van der Waals surface area contributed by atoms with E-state index in [4.69, 9.17) is 5.73 Å². The van der Waals surface area contributed by atoms with Crippen LogP contribution in [0.25, 0.3) is 0 Å². The van der Waals surface area contributed by atoms with Gasteiger partial charge in [-0.25, -0.2) is 13.8 Å². The summed E-state index contributed by atoms with van der Waals surface area (Å²) in [5, 5.41) is 10.9. The molecule has 0 fully saturated rings. The number of nitrogens with two attached hydrogens (primary N) is 1. The van der Waals surface area contributed by atoms with E-state index in [2.05, 4.69) is 20.9 Å². The second kappa shape index (κ2) is 6.08. The minimum atomic E-state index is -3.16. The van der Waals surface area contributed by atoms with Gasteiger partial charge in [0.05, 0.1) is 10.6 Å². The number of nitro groups is 1. The fraction of sp³-hybridized carbons (Fsp3) is 0.250. The fourth-order valence-electron chi connectivity index (χ4n) is 1.31. The van der Waals surface area contributed by atoms with Crippen LogP contribution in [0.4, 0.5) is 20.2 Å². The zero-order valence-electron chi connectivity index (χ0n) is 10.7. The van der Waals surface area contributed by atoms with Crippen molar-refractivity contribution >= 4 is 33.0 Å². The third-order valence-electron chi connectivity index (χ3n) is 2.30. The normalized spacial score (nSPS) is 13.4. The summed E-state index contributed by atoms with van der Waals surface area (Å²) < 4.78 is 26.3. The molecule has 1 aromatic carbocycles. The van der Waals surface area contributed by atoms with Crippen molar-refractivity contribution in [3.8, 4) is 0 Å². The molecule has 8 heteroatoms. The van der Waals surface area contributed by atoms with Crippen LogP contribution >= 0.6 is 15.9 Å². The molecule has 1 rings (SSSR count). The quantitative estimate of drug-likeness (QED) is 0.508. The number of nitrogens with zero attached hydrogens (tertiary/aromatic N) is 2. The summed E-state index contributed by atoms with van der Waals surface area (Å²) in [5.74, 6) is -3.16. The lowest BCUT2D eigenvalue weighted by Crippen LogP contribution is -2.21. The monoisotopic (exact) mass is 347 g/mol. The van der Waals surface area contributed by atoms with Crippen molar-refractivity contribution in [3.63, 3.8) is 0 Å². The molecule has 0 aliphatic carbocycles. The molecule has 0 amide bonds. The molecule has 1 aromatic rings. The van der Waals surface area contributed by atoms with Crippen molar-refractivity contribution in [2.75, 3.05) is 0 Å². The first-order valence-electron chi connectivity index (χ1n) is 5.46. The second-order valence-corrected chi connectivity index (χ2v) is 5.05. The molecule has 0 saturated carbocycles. The number of hydrogen-bond donors (Lipinski definition) is 1. The van der Waals surface area contributed by atoms with Crippen LogP contribution in [0.2, 0.25) is 0 Å². The summed E-state index contributed by atoms with van der Waals surface area (Å²) in [6.07, 6.45) is 0.992. The van der Waals surface area contributed by atoms with Crippen LogP contribution in [0.1, 0.15) is 13.8 Å². The van der Waals surface area contributed by atoms with Gasteiger partial charge in [0, 0.05) is 23.2 Å². The molecule has 0 aliphatic heterocycles. The van der Waals surface area contributed by atoms with Crippen molar-refractivity contribution in [1.29, 1.82) is 0 Å².